The molecule has 5 heteroatoms. The summed E-state index contributed by atoms with van der Waals surface area (Å²) in [4.78, 5) is 25.7. The van der Waals surface area contributed by atoms with Gasteiger partial charge in [0.2, 0.25) is 0 Å². The Morgan fingerprint density at radius 1 is 1.32 bits per heavy atom. The molecule has 2 amide bonds. The molecule has 2 fully saturated rings. The first-order chi connectivity index (χ1) is 8.90. The van der Waals surface area contributed by atoms with Crippen molar-refractivity contribution in [3.63, 3.8) is 0 Å². The van der Waals surface area contributed by atoms with Gasteiger partial charge in [-0.2, -0.15) is 0 Å². The van der Waals surface area contributed by atoms with Crippen molar-refractivity contribution >= 4 is 12.0 Å². The number of nitrogens with zero attached hydrogens (tertiary/aromatic N) is 1. The van der Waals surface area contributed by atoms with Gasteiger partial charge in [0, 0.05) is 12.1 Å². The minimum absolute atomic E-state index is 0.0759. The van der Waals surface area contributed by atoms with E-state index in [1.807, 2.05) is 11.8 Å². The number of aliphatic carboxylic acids is 1. The topological polar surface area (TPSA) is 69.6 Å². The Kier molecular flexibility index (Phi) is 3.74. The number of nitrogens with one attached hydrogen (secondary N) is 1. The highest BCUT2D eigenvalue weighted by Gasteiger charge is 2.50. The summed E-state index contributed by atoms with van der Waals surface area (Å²) in [5.41, 5.74) is -1.11. The van der Waals surface area contributed by atoms with Crippen molar-refractivity contribution in [3.8, 4) is 0 Å². The molecule has 1 saturated carbocycles. The van der Waals surface area contributed by atoms with E-state index in [4.69, 9.17) is 0 Å². The summed E-state index contributed by atoms with van der Waals surface area (Å²) >= 11 is 0. The SMILES string of the molecule is CCC1CCC(C)N1C(=O)NC(C)(C(=O)O)C1CC1. The van der Waals surface area contributed by atoms with Gasteiger partial charge in [0.15, 0.2) is 0 Å². The smallest absolute Gasteiger partial charge is 0.329 e. The second-order valence-corrected chi connectivity index (χ2v) is 6.11. The van der Waals surface area contributed by atoms with Gasteiger partial charge in [0.25, 0.3) is 0 Å². The third kappa shape index (κ3) is 2.55. The molecule has 0 aromatic carbocycles. The Hall–Kier alpha value is -1.26. The molecule has 1 saturated heterocycles. The van der Waals surface area contributed by atoms with Crippen LogP contribution in [0.25, 0.3) is 0 Å². The van der Waals surface area contributed by atoms with Crippen LogP contribution < -0.4 is 5.32 Å². The fraction of sp³-hybridized carbons (Fsp3) is 0.857. The summed E-state index contributed by atoms with van der Waals surface area (Å²) in [6.45, 7) is 5.73. The molecule has 108 valence electrons. The highest BCUT2D eigenvalue weighted by molar-refractivity contribution is 5.87. The molecule has 3 atom stereocenters. The van der Waals surface area contributed by atoms with Crippen LogP contribution in [0, 0.1) is 5.92 Å². The number of carbonyl (C=O) groups is 2. The molecule has 1 aliphatic carbocycles. The molecule has 2 aliphatic rings. The van der Waals surface area contributed by atoms with Gasteiger partial charge in [-0.05, 0) is 51.9 Å². The van der Waals surface area contributed by atoms with Crippen molar-refractivity contribution in [1.29, 1.82) is 0 Å². The molecule has 0 radical (unpaired) electrons. The summed E-state index contributed by atoms with van der Waals surface area (Å²) in [5.74, 6) is -0.852. The van der Waals surface area contributed by atoms with Crippen LogP contribution in [-0.4, -0.2) is 39.6 Å². The standard InChI is InChI=1S/C14H24N2O3/c1-4-11-8-5-9(2)16(11)13(19)15-14(3,12(17)18)10-6-7-10/h9-11H,4-8H2,1-3H3,(H,15,19)(H,17,18). The molecule has 3 unspecified atom stereocenters. The van der Waals surface area contributed by atoms with Crippen LogP contribution in [0.4, 0.5) is 4.79 Å². The number of likely N-dealkylation sites (tertiary alicyclic amines) is 1. The molecule has 0 bridgehead atoms. The molecule has 1 heterocycles. The van der Waals surface area contributed by atoms with Gasteiger partial charge in [0.05, 0.1) is 0 Å². The molecular formula is C14H24N2O3. The minimum atomic E-state index is -1.11. The fourth-order valence-electron chi connectivity index (χ4n) is 3.12. The maximum atomic E-state index is 12.4. The van der Waals surface area contributed by atoms with E-state index in [0.29, 0.717) is 0 Å². The first-order valence-corrected chi connectivity index (χ1v) is 7.24. The predicted molar refractivity (Wildman–Crippen MR) is 71.9 cm³/mol. The highest BCUT2D eigenvalue weighted by Crippen LogP contribution is 2.40. The van der Waals surface area contributed by atoms with Gasteiger partial charge >= 0.3 is 12.0 Å². The Morgan fingerprint density at radius 2 is 1.95 bits per heavy atom. The molecule has 5 nitrogen and oxygen atoms in total. The van der Waals surface area contributed by atoms with Gasteiger partial charge in [0.1, 0.15) is 5.54 Å². The number of amides is 2. The van der Waals surface area contributed by atoms with Gasteiger partial charge in [-0.1, -0.05) is 6.92 Å². The van der Waals surface area contributed by atoms with E-state index in [9.17, 15) is 14.7 Å². The number of urea groups is 1. The number of carbonyl (C=O) groups excluding carboxylic acids is 1. The second kappa shape index (κ2) is 5.02. The van der Waals surface area contributed by atoms with E-state index in [1.54, 1.807) is 6.92 Å². The zero-order valence-electron chi connectivity index (χ0n) is 12.0. The molecule has 2 N–H and O–H groups in total. The van der Waals surface area contributed by atoms with Crippen molar-refractivity contribution in [2.45, 2.75) is 70.5 Å². The van der Waals surface area contributed by atoms with Gasteiger partial charge in [-0.25, -0.2) is 9.59 Å². The number of carboxylic acid groups (broad SMARTS) is 1. The Morgan fingerprint density at radius 3 is 2.42 bits per heavy atom. The van der Waals surface area contributed by atoms with Crippen molar-refractivity contribution in [1.82, 2.24) is 10.2 Å². The van der Waals surface area contributed by atoms with Crippen LogP contribution in [0.5, 0.6) is 0 Å². The number of carboxylic acids is 1. The fourth-order valence-corrected chi connectivity index (χ4v) is 3.12. The van der Waals surface area contributed by atoms with Crippen LogP contribution in [0.2, 0.25) is 0 Å². The van der Waals surface area contributed by atoms with Gasteiger partial charge in [-0.3, -0.25) is 0 Å². The third-order valence-corrected chi connectivity index (χ3v) is 4.70. The van der Waals surface area contributed by atoms with E-state index in [-0.39, 0.29) is 24.0 Å². The summed E-state index contributed by atoms with van der Waals surface area (Å²) in [6, 6.07) is 0.225. The predicted octanol–water partition coefficient (Wildman–Crippen LogP) is 2.21. The molecule has 2 rings (SSSR count). The lowest BCUT2D eigenvalue weighted by Crippen LogP contribution is -2.59. The molecule has 19 heavy (non-hydrogen) atoms. The van der Waals surface area contributed by atoms with Crippen LogP contribution in [0.1, 0.15) is 52.9 Å². The molecule has 0 aromatic rings. The lowest BCUT2D eigenvalue weighted by Gasteiger charge is -2.33. The highest BCUT2D eigenvalue weighted by atomic mass is 16.4. The Bertz CT molecular complexity index is 381. The first-order valence-electron chi connectivity index (χ1n) is 7.24. The van der Waals surface area contributed by atoms with E-state index in [0.717, 1.165) is 32.1 Å². The van der Waals surface area contributed by atoms with E-state index >= 15 is 0 Å². The van der Waals surface area contributed by atoms with E-state index < -0.39 is 11.5 Å². The van der Waals surface area contributed by atoms with E-state index in [1.165, 1.54) is 0 Å². The normalized spacial score (nSPS) is 29.9. The van der Waals surface area contributed by atoms with Crippen molar-refractivity contribution in [3.05, 3.63) is 0 Å². The third-order valence-electron chi connectivity index (χ3n) is 4.70. The number of hydrogen-bond acceptors (Lipinski definition) is 2. The lowest BCUT2D eigenvalue weighted by atomic mass is 9.96. The Labute approximate surface area is 114 Å². The molecule has 1 aliphatic heterocycles. The lowest BCUT2D eigenvalue weighted by molar-refractivity contribution is -0.144. The minimum Gasteiger partial charge on any atom is -0.480 e. The average Bonchev–Trinajstić information content (AvgIpc) is 3.12. The second-order valence-electron chi connectivity index (χ2n) is 6.11. The maximum absolute atomic E-state index is 12.4. The Balaban J connectivity index is 2.09. The summed E-state index contributed by atoms with van der Waals surface area (Å²) < 4.78 is 0. The summed E-state index contributed by atoms with van der Waals surface area (Å²) in [7, 11) is 0. The number of rotatable bonds is 4. The van der Waals surface area contributed by atoms with Crippen molar-refractivity contribution < 1.29 is 14.7 Å². The quantitative estimate of drug-likeness (QED) is 0.821. The van der Waals surface area contributed by atoms with E-state index in [2.05, 4.69) is 12.2 Å². The summed E-state index contributed by atoms with van der Waals surface area (Å²) in [5, 5.41) is 12.2. The zero-order chi connectivity index (χ0) is 14.2. The van der Waals surface area contributed by atoms with Crippen LogP contribution in [0.15, 0.2) is 0 Å². The van der Waals surface area contributed by atoms with Gasteiger partial charge in [-0.15, -0.1) is 0 Å². The molecule has 0 spiro atoms. The van der Waals surface area contributed by atoms with Gasteiger partial charge < -0.3 is 15.3 Å². The van der Waals surface area contributed by atoms with Crippen LogP contribution >= 0.6 is 0 Å². The number of hydrogen-bond donors (Lipinski definition) is 2. The molecule has 0 aromatic heterocycles. The first kappa shape index (κ1) is 14.2. The van der Waals surface area contributed by atoms with Crippen molar-refractivity contribution in [2.24, 2.45) is 5.92 Å². The monoisotopic (exact) mass is 268 g/mol. The summed E-state index contributed by atoms with van der Waals surface area (Å²) in [6.07, 6.45) is 4.70. The maximum Gasteiger partial charge on any atom is 0.329 e. The van der Waals surface area contributed by atoms with Crippen LogP contribution in [-0.2, 0) is 4.79 Å². The van der Waals surface area contributed by atoms with Crippen LogP contribution in [0.3, 0.4) is 0 Å². The average molecular weight is 268 g/mol. The molecular weight excluding hydrogens is 244 g/mol. The zero-order valence-corrected chi connectivity index (χ0v) is 12.0. The largest absolute Gasteiger partial charge is 0.480 e. The van der Waals surface area contributed by atoms with Crippen molar-refractivity contribution in [2.75, 3.05) is 0 Å².